The number of ether oxygens (including phenoxy) is 1. The van der Waals surface area contributed by atoms with E-state index >= 15 is 0 Å². The van der Waals surface area contributed by atoms with Gasteiger partial charge in [0, 0.05) is 11.1 Å². The Hall–Kier alpha value is -1.88. The van der Waals surface area contributed by atoms with E-state index in [9.17, 15) is 4.79 Å². The molecule has 2 aromatic rings. The quantitative estimate of drug-likeness (QED) is 0.874. The SMILES string of the molecule is CC(C)(C)OCC(=O)Nc1ccc2cn[nH]c2c1. The van der Waals surface area contributed by atoms with Crippen LogP contribution in [0.15, 0.2) is 24.4 Å². The van der Waals surface area contributed by atoms with E-state index in [1.54, 1.807) is 6.20 Å². The number of amides is 1. The van der Waals surface area contributed by atoms with Gasteiger partial charge in [0.05, 0.1) is 17.3 Å². The molecule has 0 bridgehead atoms. The lowest BCUT2D eigenvalue weighted by Crippen LogP contribution is -2.27. The summed E-state index contributed by atoms with van der Waals surface area (Å²) in [6.07, 6.45) is 1.74. The summed E-state index contributed by atoms with van der Waals surface area (Å²) >= 11 is 0. The number of rotatable bonds is 3. The second-order valence-electron chi connectivity index (χ2n) is 5.12. The van der Waals surface area contributed by atoms with Crippen molar-refractivity contribution < 1.29 is 9.53 Å². The first-order valence-electron chi connectivity index (χ1n) is 5.81. The first kappa shape index (κ1) is 12.6. The van der Waals surface area contributed by atoms with Crippen molar-refractivity contribution in [1.82, 2.24) is 10.2 Å². The van der Waals surface area contributed by atoms with Crippen molar-refractivity contribution in [2.45, 2.75) is 26.4 Å². The normalized spacial score (nSPS) is 11.7. The molecule has 0 saturated carbocycles. The van der Waals surface area contributed by atoms with Crippen molar-refractivity contribution in [3.05, 3.63) is 24.4 Å². The van der Waals surface area contributed by atoms with Gasteiger partial charge in [-0.2, -0.15) is 5.10 Å². The first-order valence-corrected chi connectivity index (χ1v) is 5.81. The van der Waals surface area contributed by atoms with Crippen LogP contribution in [-0.4, -0.2) is 28.3 Å². The summed E-state index contributed by atoms with van der Waals surface area (Å²) in [7, 11) is 0. The molecule has 0 aliphatic rings. The fourth-order valence-corrected chi connectivity index (χ4v) is 1.49. The van der Waals surface area contributed by atoms with Crippen LogP contribution in [0.5, 0.6) is 0 Å². The largest absolute Gasteiger partial charge is 0.366 e. The Morgan fingerprint density at radius 2 is 2.22 bits per heavy atom. The standard InChI is InChI=1S/C13H17N3O2/c1-13(2,3)18-8-12(17)15-10-5-4-9-7-14-16-11(9)6-10/h4-7H,8H2,1-3H3,(H,14,16)(H,15,17). The summed E-state index contributed by atoms with van der Waals surface area (Å²) in [6.45, 7) is 5.79. The van der Waals surface area contributed by atoms with E-state index in [1.807, 2.05) is 39.0 Å². The zero-order chi connectivity index (χ0) is 13.2. The Morgan fingerprint density at radius 1 is 1.44 bits per heavy atom. The number of aromatic amines is 1. The summed E-state index contributed by atoms with van der Waals surface area (Å²) in [5.74, 6) is -0.163. The molecule has 0 saturated heterocycles. The topological polar surface area (TPSA) is 67.0 Å². The van der Waals surface area contributed by atoms with Crippen LogP contribution in [0, 0.1) is 0 Å². The summed E-state index contributed by atoms with van der Waals surface area (Å²) < 4.78 is 5.40. The Bertz CT molecular complexity index is 555. The molecule has 0 unspecified atom stereocenters. The van der Waals surface area contributed by atoms with Crippen LogP contribution in [0.25, 0.3) is 10.9 Å². The molecule has 1 aromatic carbocycles. The second kappa shape index (κ2) is 4.78. The van der Waals surface area contributed by atoms with Gasteiger partial charge in [0.1, 0.15) is 6.61 Å². The van der Waals surface area contributed by atoms with Gasteiger partial charge < -0.3 is 10.1 Å². The molecule has 1 heterocycles. The van der Waals surface area contributed by atoms with Crippen LogP contribution in [0.4, 0.5) is 5.69 Å². The minimum Gasteiger partial charge on any atom is -0.366 e. The van der Waals surface area contributed by atoms with Gasteiger partial charge in [0.25, 0.3) is 0 Å². The van der Waals surface area contributed by atoms with Crippen LogP contribution >= 0.6 is 0 Å². The highest BCUT2D eigenvalue weighted by atomic mass is 16.5. The van der Waals surface area contributed by atoms with E-state index in [0.717, 1.165) is 16.6 Å². The van der Waals surface area contributed by atoms with E-state index in [1.165, 1.54) is 0 Å². The molecule has 1 aromatic heterocycles. The molecule has 96 valence electrons. The Morgan fingerprint density at radius 3 is 2.94 bits per heavy atom. The molecule has 18 heavy (non-hydrogen) atoms. The number of carbonyl (C=O) groups excluding carboxylic acids is 1. The van der Waals surface area contributed by atoms with Gasteiger partial charge in [0.15, 0.2) is 0 Å². The summed E-state index contributed by atoms with van der Waals surface area (Å²) in [5, 5.41) is 10.6. The molecule has 0 aliphatic carbocycles. The van der Waals surface area contributed by atoms with Crippen LogP contribution in [0.3, 0.4) is 0 Å². The van der Waals surface area contributed by atoms with Crippen LogP contribution < -0.4 is 5.32 Å². The predicted octanol–water partition coefficient (Wildman–Crippen LogP) is 2.32. The van der Waals surface area contributed by atoms with Crippen LogP contribution in [-0.2, 0) is 9.53 Å². The van der Waals surface area contributed by atoms with E-state index in [2.05, 4.69) is 15.5 Å². The van der Waals surface area contributed by atoms with Crippen molar-refractivity contribution in [3.63, 3.8) is 0 Å². The lowest BCUT2D eigenvalue weighted by Gasteiger charge is -2.18. The maximum absolute atomic E-state index is 11.7. The molecule has 0 radical (unpaired) electrons. The van der Waals surface area contributed by atoms with Crippen LogP contribution in [0.1, 0.15) is 20.8 Å². The molecule has 2 rings (SSSR count). The van der Waals surface area contributed by atoms with Crippen molar-refractivity contribution in [2.24, 2.45) is 0 Å². The van der Waals surface area contributed by atoms with Gasteiger partial charge in [-0.05, 0) is 39.0 Å². The highest BCUT2D eigenvalue weighted by Crippen LogP contribution is 2.16. The number of benzene rings is 1. The van der Waals surface area contributed by atoms with Gasteiger partial charge in [0.2, 0.25) is 5.91 Å². The third-order valence-electron chi connectivity index (χ3n) is 2.36. The summed E-state index contributed by atoms with van der Waals surface area (Å²) in [5.41, 5.74) is 1.31. The molecule has 0 atom stereocenters. The van der Waals surface area contributed by atoms with E-state index in [4.69, 9.17) is 4.74 Å². The molecule has 1 amide bonds. The Labute approximate surface area is 106 Å². The third kappa shape index (κ3) is 3.30. The molecule has 0 fully saturated rings. The third-order valence-corrected chi connectivity index (χ3v) is 2.36. The molecule has 2 N–H and O–H groups in total. The number of hydrogen-bond acceptors (Lipinski definition) is 3. The highest BCUT2D eigenvalue weighted by molar-refractivity contribution is 5.94. The second-order valence-corrected chi connectivity index (χ2v) is 5.12. The smallest absolute Gasteiger partial charge is 0.250 e. The number of H-pyrrole nitrogens is 1. The average Bonchev–Trinajstić information content (AvgIpc) is 2.72. The number of aromatic nitrogens is 2. The lowest BCUT2D eigenvalue weighted by atomic mass is 10.2. The van der Waals surface area contributed by atoms with E-state index < -0.39 is 0 Å². The van der Waals surface area contributed by atoms with Crippen LogP contribution in [0.2, 0.25) is 0 Å². The molecular weight excluding hydrogens is 230 g/mol. The summed E-state index contributed by atoms with van der Waals surface area (Å²) in [6, 6.07) is 5.59. The number of nitrogens with one attached hydrogen (secondary N) is 2. The van der Waals surface area contributed by atoms with E-state index in [0.29, 0.717) is 0 Å². The average molecular weight is 247 g/mol. The molecule has 0 spiro atoms. The highest BCUT2D eigenvalue weighted by Gasteiger charge is 2.13. The van der Waals surface area contributed by atoms with Gasteiger partial charge >= 0.3 is 0 Å². The van der Waals surface area contributed by atoms with Gasteiger partial charge in [-0.25, -0.2) is 0 Å². The molecular formula is C13H17N3O2. The fraction of sp³-hybridized carbons (Fsp3) is 0.385. The maximum atomic E-state index is 11.7. The van der Waals surface area contributed by atoms with Gasteiger partial charge in [-0.15, -0.1) is 0 Å². The summed E-state index contributed by atoms with van der Waals surface area (Å²) in [4.78, 5) is 11.7. The Kier molecular flexibility index (Phi) is 3.34. The number of fused-ring (bicyclic) bond motifs is 1. The van der Waals surface area contributed by atoms with E-state index in [-0.39, 0.29) is 18.1 Å². The first-order chi connectivity index (χ1) is 8.44. The number of anilines is 1. The molecule has 0 aliphatic heterocycles. The van der Waals surface area contributed by atoms with Gasteiger partial charge in [-0.3, -0.25) is 9.89 Å². The maximum Gasteiger partial charge on any atom is 0.250 e. The number of nitrogens with zero attached hydrogens (tertiary/aromatic N) is 1. The zero-order valence-corrected chi connectivity index (χ0v) is 10.8. The number of carbonyl (C=O) groups is 1. The molecule has 5 nitrogen and oxygen atoms in total. The molecule has 5 heteroatoms. The monoisotopic (exact) mass is 247 g/mol. The fourth-order valence-electron chi connectivity index (χ4n) is 1.49. The Balaban J connectivity index is 1.98. The minimum atomic E-state index is -0.315. The minimum absolute atomic E-state index is 0.0461. The van der Waals surface area contributed by atoms with Crippen molar-refractivity contribution >= 4 is 22.5 Å². The van der Waals surface area contributed by atoms with Crippen molar-refractivity contribution in [1.29, 1.82) is 0 Å². The number of hydrogen-bond donors (Lipinski definition) is 2. The predicted molar refractivity (Wildman–Crippen MR) is 70.4 cm³/mol. The van der Waals surface area contributed by atoms with Crippen molar-refractivity contribution in [2.75, 3.05) is 11.9 Å². The van der Waals surface area contributed by atoms with Crippen molar-refractivity contribution in [3.8, 4) is 0 Å². The zero-order valence-electron chi connectivity index (χ0n) is 10.8. The van der Waals surface area contributed by atoms with Gasteiger partial charge in [-0.1, -0.05) is 0 Å². The lowest BCUT2D eigenvalue weighted by molar-refractivity contribution is -0.125.